The van der Waals surface area contributed by atoms with E-state index in [1.807, 2.05) is 18.7 Å². The Hall–Kier alpha value is -1.44. The number of rotatable bonds is 6. The summed E-state index contributed by atoms with van der Waals surface area (Å²) in [6.45, 7) is 3.51. The maximum Gasteiger partial charge on any atom is 0.262 e. The first kappa shape index (κ1) is 14.6. The molecule has 6 nitrogen and oxygen atoms in total. The van der Waals surface area contributed by atoms with Gasteiger partial charge in [-0.1, -0.05) is 30.9 Å². The van der Waals surface area contributed by atoms with Gasteiger partial charge in [0, 0.05) is 0 Å². The number of nitrogens with one attached hydrogen (secondary N) is 1. The molecule has 0 aliphatic carbocycles. The molecule has 0 fully saturated rings. The number of benzene rings is 1. The normalized spacial score (nSPS) is 11.7. The summed E-state index contributed by atoms with van der Waals surface area (Å²) in [5, 5.41) is 0. The minimum absolute atomic E-state index is 0.0661. The quantitative estimate of drug-likeness (QED) is 0.737. The van der Waals surface area contributed by atoms with Crippen LogP contribution in [0.1, 0.15) is 25.3 Å². The Bertz CT molecular complexity index is 508. The average Bonchev–Trinajstić information content (AvgIpc) is 2.28. The Balaban J connectivity index is 2.76. The van der Waals surface area contributed by atoms with Crippen LogP contribution in [0.15, 0.2) is 29.2 Å². The predicted octanol–water partition coefficient (Wildman–Crippen LogP) is 0.505. The molecule has 7 heteroatoms. The van der Waals surface area contributed by atoms with E-state index in [9.17, 15) is 13.2 Å². The van der Waals surface area contributed by atoms with Crippen molar-refractivity contribution in [2.45, 2.75) is 24.7 Å². The molecule has 0 aromatic heterocycles. The fourth-order valence-electron chi connectivity index (χ4n) is 1.26. The lowest BCUT2D eigenvalue weighted by Gasteiger charge is -2.08. The van der Waals surface area contributed by atoms with Gasteiger partial charge in [0.25, 0.3) is 10.0 Å². The van der Waals surface area contributed by atoms with Crippen LogP contribution in [0.5, 0.6) is 0 Å². The second-order valence-electron chi connectivity index (χ2n) is 4.07. The van der Waals surface area contributed by atoms with E-state index in [4.69, 9.17) is 5.73 Å². The van der Waals surface area contributed by atoms with Crippen LogP contribution in [0.25, 0.3) is 0 Å². The minimum Gasteiger partial charge on any atom is -0.368 e. The van der Waals surface area contributed by atoms with Gasteiger partial charge in [0.1, 0.15) is 6.61 Å². The molecule has 0 aliphatic heterocycles. The zero-order chi connectivity index (χ0) is 13.8. The lowest BCUT2D eigenvalue weighted by atomic mass is 10.0. The molecule has 1 amide bonds. The number of amides is 1. The first-order valence-electron chi connectivity index (χ1n) is 5.35. The van der Waals surface area contributed by atoms with Crippen LogP contribution in [-0.2, 0) is 19.7 Å². The van der Waals surface area contributed by atoms with E-state index in [-0.39, 0.29) is 4.90 Å². The highest BCUT2D eigenvalue weighted by Gasteiger charge is 2.14. The van der Waals surface area contributed by atoms with Gasteiger partial charge in [0.2, 0.25) is 5.91 Å². The smallest absolute Gasteiger partial charge is 0.262 e. The van der Waals surface area contributed by atoms with Crippen molar-refractivity contribution >= 4 is 15.9 Å². The maximum atomic E-state index is 11.7. The van der Waals surface area contributed by atoms with Gasteiger partial charge in [-0.05, 0) is 23.6 Å². The summed E-state index contributed by atoms with van der Waals surface area (Å²) in [5.74, 6) is -0.436. The zero-order valence-corrected chi connectivity index (χ0v) is 11.0. The maximum absolute atomic E-state index is 11.7. The third-order valence-corrected chi connectivity index (χ3v) is 3.47. The summed E-state index contributed by atoms with van der Waals surface area (Å²) < 4.78 is 23.4. The molecule has 0 heterocycles. The molecule has 18 heavy (non-hydrogen) atoms. The van der Waals surface area contributed by atoms with Crippen LogP contribution in [0.4, 0.5) is 0 Å². The van der Waals surface area contributed by atoms with Crippen molar-refractivity contribution < 1.29 is 18.0 Å². The molecule has 1 aromatic rings. The molecule has 0 saturated carbocycles. The van der Waals surface area contributed by atoms with Crippen molar-refractivity contribution in [3.05, 3.63) is 29.8 Å². The van der Waals surface area contributed by atoms with E-state index in [0.29, 0.717) is 5.92 Å². The number of carbonyl (C=O) groups is 1. The molecule has 0 unspecified atom stereocenters. The van der Waals surface area contributed by atoms with Crippen LogP contribution >= 0.6 is 0 Å². The highest BCUT2D eigenvalue weighted by atomic mass is 32.2. The van der Waals surface area contributed by atoms with Gasteiger partial charge in [-0.25, -0.2) is 8.42 Å². The number of nitrogens with two attached hydrogens (primary N) is 1. The van der Waals surface area contributed by atoms with Crippen molar-refractivity contribution in [2.75, 3.05) is 6.61 Å². The fraction of sp³-hybridized carbons (Fsp3) is 0.364. The standard InChI is InChI=1S/C11H16N2O4S/c1-8(2)9-3-5-10(6-4-9)18(15,16)13-17-7-11(12)14/h3-6,8,13H,7H2,1-2H3,(H2,12,14). The Morgan fingerprint density at radius 1 is 1.33 bits per heavy atom. The van der Waals surface area contributed by atoms with Crippen molar-refractivity contribution in [3.8, 4) is 0 Å². The zero-order valence-electron chi connectivity index (χ0n) is 10.2. The number of sulfonamides is 1. The molecule has 1 rings (SSSR count). The lowest BCUT2D eigenvalue weighted by Crippen LogP contribution is -2.29. The molecule has 3 N–H and O–H groups in total. The molecular weight excluding hydrogens is 256 g/mol. The van der Waals surface area contributed by atoms with Gasteiger partial charge in [0.15, 0.2) is 0 Å². The molecular formula is C11H16N2O4S. The van der Waals surface area contributed by atoms with Crippen LogP contribution in [0, 0.1) is 0 Å². The molecule has 0 bridgehead atoms. The van der Waals surface area contributed by atoms with E-state index in [0.717, 1.165) is 5.56 Å². The van der Waals surface area contributed by atoms with Gasteiger partial charge in [-0.2, -0.15) is 0 Å². The highest BCUT2D eigenvalue weighted by Crippen LogP contribution is 2.17. The summed E-state index contributed by atoms with van der Waals surface area (Å²) in [5.41, 5.74) is 5.85. The number of carbonyl (C=O) groups excluding carboxylic acids is 1. The van der Waals surface area contributed by atoms with Crippen LogP contribution in [-0.4, -0.2) is 20.9 Å². The van der Waals surface area contributed by atoms with Crippen LogP contribution < -0.4 is 10.6 Å². The third-order valence-electron chi connectivity index (χ3n) is 2.24. The van der Waals surface area contributed by atoms with Gasteiger partial charge in [0.05, 0.1) is 4.90 Å². The first-order chi connectivity index (χ1) is 8.33. The minimum atomic E-state index is -3.78. The Morgan fingerprint density at radius 2 is 1.89 bits per heavy atom. The van der Waals surface area contributed by atoms with E-state index in [1.165, 1.54) is 12.1 Å². The second-order valence-corrected chi connectivity index (χ2v) is 5.71. The van der Waals surface area contributed by atoms with E-state index >= 15 is 0 Å². The molecule has 0 radical (unpaired) electrons. The van der Waals surface area contributed by atoms with Gasteiger partial charge in [-0.15, -0.1) is 0 Å². The number of hydrogen-bond acceptors (Lipinski definition) is 4. The fourth-order valence-corrected chi connectivity index (χ4v) is 2.06. The summed E-state index contributed by atoms with van der Waals surface area (Å²) in [4.78, 5) is 16.8. The molecule has 0 atom stereocenters. The van der Waals surface area contributed by atoms with Crippen molar-refractivity contribution in [1.29, 1.82) is 0 Å². The van der Waals surface area contributed by atoms with Gasteiger partial charge < -0.3 is 5.73 Å². The van der Waals surface area contributed by atoms with Crippen molar-refractivity contribution in [1.82, 2.24) is 4.89 Å². The summed E-state index contributed by atoms with van der Waals surface area (Å²) in [6, 6.07) is 6.41. The third kappa shape index (κ3) is 4.10. The summed E-state index contributed by atoms with van der Waals surface area (Å²) in [7, 11) is -3.78. The van der Waals surface area contributed by atoms with Crippen LogP contribution in [0.2, 0.25) is 0 Å². The average molecular weight is 272 g/mol. The van der Waals surface area contributed by atoms with Gasteiger partial charge >= 0.3 is 0 Å². The van der Waals surface area contributed by atoms with Crippen LogP contribution in [0.3, 0.4) is 0 Å². The second kappa shape index (κ2) is 5.94. The lowest BCUT2D eigenvalue weighted by molar-refractivity contribution is -0.123. The summed E-state index contributed by atoms with van der Waals surface area (Å²) in [6.07, 6.45) is 0. The Morgan fingerprint density at radius 3 is 2.33 bits per heavy atom. The Labute approximate surface area is 106 Å². The van der Waals surface area contributed by atoms with E-state index < -0.39 is 22.5 Å². The first-order valence-corrected chi connectivity index (χ1v) is 6.83. The SMILES string of the molecule is CC(C)c1ccc(S(=O)(=O)NOCC(N)=O)cc1. The monoisotopic (exact) mass is 272 g/mol. The van der Waals surface area contributed by atoms with E-state index in [1.54, 1.807) is 12.1 Å². The topological polar surface area (TPSA) is 98.5 Å². The molecule has 100 valence electrons. The molecule has 0 aliphatic rings. The van der Waals surface area contributed by atoms with Crippen molar-refractivity contribution in [3.63, 3.8) is 0 Å². The number of primary amides is 1. The molecule has 0 saturated heterocycles. The highest BCUT2D eigenvalue weighted by molar-refractivity contribution is 7.89. The van der Waals surface area contributed by atoms with E-state index in [2.05, 4.69) is 4.84 Å². The predicted molar refractivity (Wildman–Crippen MR) is 66.0 cm³/mol. The van der Waals surface area contributed by atoms with Gasteiger partial charge in [-0.3, -0.25) is 9.63 Å². The molecule has 1 aromatic carbocycles. The summed E-state index contributed by atoms with van der Waals surface area (Å²) >= 11 is 0. The largest absolute Gasteiger partial charge is 0.368 e. The van der Waals surface area contributed by atoms with Crippen molar-refractivity contribution in [2.24, 2.45) is 5.73 Å². The Kier molecular flexibility index (Phi) is 4.83. The number of hydrogen-bond donors (Lipinski definition) is 2. The molecule has 0 spiro atoms.